The molecule has 0 radical (unpaired) electrons. The van der Waals surface area contributed by atoms with Crippen LogP contribution in [0.1, 0.15) is 5.56 Å². The zero-order valence-corrected chi connectivity index (χ0v) is 20.2. The molecule has 0 atom stereocenters. The quantitative estimate of drug-likeness (QED) is 0.178. The molecule has 0 aromatic heterocycles. The van der Waals surface area contributed by atoms with E-state index in [0.29, 0.717) is 10.6 Å². The van der Waals surface area contributed by atoms with Crippen molar-refractivity contribution in [3.63, 3.8) is 0 Å². The number of nitrogens with zero attached hydrogens (tertiary/aromatic N) is 1. The molecule has 0 aliphatic heterocycles. The molecule has 9 heteroatoms. The maximum Gasteiger partial charge on any atom is 0.339 e. The summed E-state index contributed by atoms with van der Waals surface area (Å²) in [6, 6.07) is 24.5. The van der Waals surface area contributed by atoms with E-state index in [1.807, 2.05) is 30.3 Å². The van der Waals surface area contributed by atoms with E-state index in [0.717, 1.165) is 10.8 Å². The van der Waals surface area contributed by atoms with Gasteiger partial charge in [-0.15, -0.1) is 0 Å². The Morgan fingerprint density at radius 2 is 1.69 bits per heavy atom. The summed E-state index contributed by atoms with van der Waals surface area (Å²) in [5.74, 6) is -0.672. The highest BCUT2D eigenvalue weighted by Crippen LogP contribution is 2.27. The van der Waals surface area contributed by atoms with E-state index in [4.69, 9.17) is 27.4 Å². The van der Waals surface area contributed by atoms with Crippen molar-refractivity contribution in [2.75, 3.05) is 5.32 Å². The van der Waals surface area contributed by atoms with Crippen molar-refractivity contribution < 1.29 is 17.4 Å². The standard InChI is InChI=1S/C26H16Cl2N2O4S/c27-21-9-11-24(28)25(15-21)30-26(31)20(16-29)12-17-4-3-7-22(13-17)34-35(32,33)23-10-8-18-5-1-2-6-19(18)14-23/h1-15H,(H,30,31)/b20-12-. The lowest BCUT2D eigenvalue weighted by Crippen LogP contribution is -2.13. The molecule has 0 saturated carbocycles. The highest BCUT2D eigenvalue weighted by Gasteiger charge is 2.18. The van der Waals surface area contributed by atoms with Crippen molar-refractivity contribution in [3.05, 3.63) is 106 Å². The van der Waals surface area contributed by atoms with E-state index >= 15 is 0 Å². The summed E-state index contributed by atoms with van der Waals surface area (Å²) in [6.07, 6.45) is 1.31. The fourth-order valence-electron chi connectivity index (χ4n) is 3.25. The number of hydrogen-bond donors (Lipinski definition) is 1. The second-order valence-corrected chi connectivity index (χ2v) is 9.76. The first-order chi connectivity index (χ1) is 16.7. The van der Waals surface area contributed by atoms with Crippen LogP contribution in [0, 0.1) is 11.3 Å². The van der Waals surface area contributed by atoms with Crippen LogP contribution in [-0.4, -0.2) is 14.3 Å². The average Bonchev–Trinajstić information content (AvgIpc) is 2.84. The second kappa shape index (κ2) is 10.2. The van der Waals surface area contributed by atoms with E-state index in [1.54, 1.807) is 24.3 Å². The molecule has 4 aromatic carbocycles. The molecule has 0 heterocycles. The minimum absolute atomic E-state index is 0.00707. The zero-order valence-electron chi connectivity index (χ0n) is 17.9. The highest BCUT2D eigenvalue weighted by molar-refractivity contribution is 7.87. The third kappa shape index (κ3) is 5.81. The summed E-state index contributed by atoms with van der Waals surface area (Å²) < 4.78 is 31.0. The van der Waals surface area contributed by atoms with Gasteiger partial charge in [-0.3, -0.25) is 4.79 Å². The van der Waals surface area contributed by atoms with Crippen molar-refractivity contribution in [2.24, 2.45) is 0 Å². The summed E-state index contributed by atoms with van der Waals surface area (Å²) in [4.78, 5) is 12.6. The third-order valence-electron chi connectivity index (χ3n) is 4.93. The molecule has 4 aromatic rings. The van der Waals surface area contributed by atoms with Crippen LogP contribution in [0.15, 0.2) is 95.4 Å². The minimum atomic E-state index is -4.11. The number of halogens is 2. The van der Waals surface area contributed by atoms with Gasteiger partial charge in [0.1, 0.15) is 22.3 Å². The lowest BCUT2D eigenvalue weighted by Gasteiger charge is -2.09. The van der Waals surface area contributed by atoms with Gasteiger partial charge in [0, 0.05) is 5.02 Å². The second-order valence-electron chi connectivity index (χ2n) is 7.37. The number of rotatable bonds is 6. The van der Waals surface area contributed by atoms with Crippen LogP contribution in [0.4, 0.5) is 5.69 Å². The Morgan fingerprint density at radius 1 is 0.914 bits per heavy atom. The van der Waals surface area contributed by atoms with Crippen LogP contribution in [0.2, 0.25) is 10.0 Å². The number of benzene rings is 4. The number of carbonyl (C=O) groups is 1. The Morgan fingerprint density at radius 3 is 2.46 bits per heavy atom. The average molecular weight is 523 g/mol. The molecule has 1 N–H and O–H groups in total. The summed E-state index contributed by atoms with van der Waals surface area (Å²) >= 11 is 12.0. The minimum Gasteiger partial charge on any atom is -0.379 e. The topological polar surface area (TPSA) is 96.3 Å². The number of hydrogen-bond acceptors (Lipinski definition) is 5. The van der Waals surface area contributed by atoms with Gasteiger partial charge in [0.15, 0.2) is 0 Å². The molecule has 0 fully saturated rings. The van der Waals surface area contributed by atoms with Gasteiger partial charge >= 0.3 is 10.1 Å². The predicted octanol–water partition coefficient (Wildman–Crippen LogP) is 6.46. The highest BCUT2D eigenvalue weighted by atomic mass is 35.5. The molecule has 35 heavy (non-hydrogen) atoms. The third-order valence-corrected chi connectivity index (χ3v) is 6.73. The molecular formula is C26H16Cl2N2O4S. The first-order valence-electron chi connectivity index (χ1n) is 10.2. The van der Waals surface area contributed by atoms with E-state index in [9.17, 15) is 18.5 Å². The zero-order chi connectivity index (χ0) is 25.0. The molecule has 0 aliphatic rings. The molecule has 0 bridgehead atoms. The van der Waals surface area contributed by atoms with Gasteiger partial charge in [-0.25, -0.2) is 0 Å². The maximum atomic E-state index is 12.8. The van der Waals surface area contributed by atoms with Crippen LogP contribution in [0.3, 0.4) is 0 Å². The molecule has 0 saturated heterocycles. The fourth-order valence-corrected chi connectivity index (χ4v) is 4.55. The van der Waals surface area contributed by atoms with Gasteiger partial charge in [-0.05, 0) is 64.9 Å². The lowest BCUT2D eigenvalue weighted by molar-refractivity contribution is -0.112. The summed E-state index contributed by atoms with van der Waals surface area (Å²) in [6.45, 7) is 0. The Hall–Kier alpha value is -3.83. The van der Waals surface area contributed by atoms with Crippen LogP contribution in [0.25, 0.3) is 16.8 Å². The Balaban J connectivity index is 1.56. The van der Waals surface area contributed by atoms with E-state index < -0.39 is 16.0 Å². The summed E-state index contributed by atoms with van der Waals surface area (Å²) in [7, 11) is -4.11. The largest absolute Gasteiger partial charge is 0.379 e. The van der Waals surface area contributed by atoms with Gasteiger partial charge in [0.05, 0.1) is 10.7 Å². The Kier molecular flexibility index (Phi) is 7.08. The monoisotopic (exact) mass is 522 g/mol. The van der Waals surface area contributed by atoms with Gasteiger partial charge in [-0.1, -0.05) is 65.7 Å². The molecular weight excluding hydrogens is 507 g/mol. The lowest BCUT2D eigenvalue weighted by atomic mass is 10.1. The molecule has 6 nitrogen and oxygen atoms in total. The number of nitriles is 1. The smallest absolute Gasteiger partial charge is 0.339 e. The Labute approximate surface area is 212 Å². The SMILES string of the molecule is N#C/C(=C/c1cccc(OS(=O)(=O)c2ccc3ccccc3c2)c1)C(=O)Nc1cc(Cl)ccc1Cl. The maximum absolute atomic E-state index is 12.8. The van der Waals surface area contributed by atoms with E-state index in [1.165, 1.54) is 42.5 Å². The van der Waals surface area contributed by atoms with E-state index in [2.05, 4.69) is 5.32 Å². The van der Waals surface area contributed by atoms with E-state index in [-0.39, 0.29) is 26.9 Å². The predicted molar refractivity (Wildman–Crippen MR) is 137 cm³/mol. The summed E-state index contributed by atoms with van der Waals surface area (Å²) in [5, 5.41) is 14.3. The molecule has 174 valence electrons. The van der Waals surface area contributed by atoms with Crippen molar-refractivity contribution in [1.82, 2.24) is 0 Å². The van der Waals surface area contributed by atoms with Crippen LogP contribution < -0.4 is 9.50 Å². The first kappa shape index (κ1) is 24.3. The van der Waals surface area contributed by atoms with Gasteiger partial charge < -0.3 is 9.50 Å². The molecule has 4 rings (SSSR count). The van der Waals surface area contributed by atoms with Crippen molar-refractivity contribution in [3.8, 4) is 11.8 Å². The normalized spacial score (nSPS) is 11.6. The van der Waals surface area contributed by atoms with Crippen molar-refractivity contribution >= 4 is 61.8 Å². The molecule has 1 amide bonds. The number of anilines is 1. The van der Waals surface area contributed by atoms with Crippen LogP contribution in [0.5, 0.6) is 5.75 Å². The number of fused-ring (bicyclic) bond motifs is 1. The summed E-state index contributed by atoms with van der Waals surface area (Å²) in [5.41, 5.74) is 0.416. The van der Waals surface area contributed by atoms with Crippen LogP contribution in [-0.2, 0) is 14.9 Å². The van der Waals surface area contributed by atoms with Crippen molar-refractivity contribution in [1.29, 1.82) is 5.26 Å². The number of carbonyl (C=O) groups excluding carboxylic acids is 1. The fraction of sp³-hybridized carbons (Fsp3) is 0. The molecule has 0 aliphatic carbocycles. The van der Waals surface area contributed by atoms with Crippen LogP contribution >= 0.6 is 23.2 Å². The number of amides is 1. The molecule has 0 unspecified atom stereocenters. The first-order valence-corrected chi connectivity index (χ1v) is 12.3. The molecule has 0 spiro atoms. The van der Waals surface area contributed by atoms with Gasteiger partial charge in [0.2, 0.25) is 0 Å². The van der Waals surface area contributed by atoms with Gasteiger partial charge in [0.25, 0.3) is 5.91 Å². The Bertz CT molecular complexity index is 1630. The van der Waals surface area contributed by atoms with Gasteiger partial charge in [-0.2, -0.15) is 13.7 Å². The number of nitrogens with one attached hydrogen (secondary N) is 1. The van der Waals surface area contributed by atoms with Crippen molar-refractivity contribution in [2.45, 2.75) is 4.90 Å².